The summed E-state index contributed by atoms with van der Waals surface area (Å²) in [7, 11) is 0. The average molecular weight is 1080 g/mol. The topological polar surface area (TPSA) is 6.48 Å². The van der Waals surface area contributed by atoms with Crippen LogP contribution in [0.5, 0.6) is 0 Å². The Hall–Kier alpha value is -9.50. The summed E-state index contributed by atoms with van der Waals surface area (Å²) in [4.78, 5) is 4.99. The third-order valence-electron chi connectivity index (χ3n) is 18.6. The van der Waals surface area contributed by atoms with E-state index >= 15 is 0 Å². The van der Waals surface area contributed by atoms with Gasteiger partial charge in [-0.15, -0.1) is 0 Å². The van der Waals surface area contributed by atoms with E-state index in [-0.39, 0.29) is 0 Å². The summed E-state index contributed by atoms with van der Waals surface area (Å²) in [6.07, 6.45) is 27.6. The molecule has 0 saturated heterocycles. The molecule has 2 heteroatoms. The van der Waals surface area contributed by atoms with Crippen LogP contribution in [0.15, 0.2) is 219 Å². The van der Waals surface area contributed by atoms with Crippen LogP contribution in [0.25, 0.3) is 103 Å². The molecule has 0 spiro atoms. The molecule has 0 unspecified atom stereocenters. The first-order chi connectivity index (χ1) is 41.6. The summed E-state index contributed by atoms with van der Waals surface area (Å²) in [5.74, 6) is 0. The van der Waals surface area contributed by atoms with Gasteiger partial charge in [0.15, 0.2) is 0 Å². The van der Waals surface area contributed by atoms with E-state index in [9.17, 15) is 0 Å². The molecule has 406 valence electrons. The minimum Gasteiger partial charge on any atom is -0.310 e. The van der Waals surface area contributed by atoms with Crippen LogP contribution >= 0.6 is 0 Å². The van der Waals surface area contributed by atoms with E-state index in [4.69, 9.17) is 0 Å². The molecule has 0 atom stereocenters. The standard InChI is InChI=1S/C82H68N2/c1-3-63-64(4-2)81(72-46-20-17-43-69(72)79(63)57-31-23-37-61(53-57)83(59-33-7-5-8-34-59)77-49-25-29-55-27-11-13-39-65(55)77)75-51-52-76(68-42-16-15-41-67(68)75)82-73-47-21-18-44-70(73)80(71-45-19-22-48-74(71)82)58-32-24-38-62(54-58)84(60-35-9-6-10-36-60)78-50-26-30-56-28-12-14-40-66(56)78/h3-10,17-18,20-21,23-26,29-38,41-54H,1-2,11-16,19,22,27-28,39-40H2. The first-order valence-corrected chi connectivity index (χ1v) is 30.7. The quantitative estimate of drug-likeness (QED) is 0.120. The Morgan fingerprint density at radius 3 is 1.20 bits per heavy atom. The summed E-state index contributed by atoms with van der Waals surface area (Å²) in [6.45, 7) is 9.19. The third-order valence-corrected chi connectivity index (χ3v) is 18.6. The van der Waals surface area contributed by atoms with Gasteiger partial charge in [-0.3, -0.25) is 0 Å². The van der Waals surface area contributed by atoms with Crippen LogP contribution in [0.4, 0.5) is 34.1 Å². The van der Waals surface area contributed by atoms with Crippen LogP contribution in [0.2, 0.25) is 0 Å². The summed E-state index contributed by atoms with van der Waals surface area (Å²) < 4.78 is 0. The molecule has 0 aromatic heterocycles. The molecule has 11 aromatic carbocycles. The predicted molar refractivity (Wildman–Crippen MR) is 361 cm³/mol. The number of nitrogens with zero attached hydrogens (tertiary/aromatic N) is 2. The Balaban J connectivity index is 0.894. The lowest BCUT2D eigenvalue weighted by Gasteiger charge is -2.30. The van der Waals surface area contributed by atoms with Crippen LogP contribution < -0.4 is 30.7 Å². The van der Waals surface area contributed by atoms with Crippen molar-refractivity contribution in [3.63, 3.8) is 0 Å². The molecule has 0 bridgehead atoms. The molecular weight excluding hydrogens is 1010 g/mol. The third kappa shape index (κ3) is 8.78. The van der Waals surface area contributed by atoms with Crippen molar-refractivity contribution in [2.45, 2.75) is 77.0 Å². The van der Waals surface area contributed by atoms with Crippen LogP contribution in [0, 0.1) is 0 Å². The zero-order valence-electron chi connectivity index (χ0n) is 47.9. The Labute approximate surface area is 494 Å². The van der Waals surface area contributed by atoms with Crippen molar-refractivity contribution in [3.05, 3.63) is 274 Å². The van der Waals surface area contributed by atoms with Crippen LogP contribution in [-0.4, -0.2) is 0 Å². The zero-order chi connectivity index (χ0) is 56.1. The monoisotopic (exact) mass is 1080 g/mol. The fourth-order valence-electron chi connectivity index (χ4n) is 15.0. The van der Waals surface area contributed by atoms with Gasteiger partial charge in [0.25, 0.3) is 0 Å². The van der Waals surface area contributed by atoms with Gasteiger partial charge in [-0.2, -0.15) is 0 Å². The van der Waals surface area contributed by atoms with Gasteiger partial charge in [-0.05, 0) is 258 Å². The number of hydrogen-bond acceptors (Lipinski definition) is 2. The molecule has 84 heavy (non-hydrogen) atoms. The molecule has 0 amide bonds. The highest BCUT2D eigenvalue weighted by atomic mass is 15.2. The summed E-state index contributed by atoms with van der Waals surface area (Å²) in [5.41, 5.74) is 25.2. The lowest BCUT2D eigenvalue weighted by molar-refractivity contribution is 0.686. The fourth-order valence-corrected chi connectivity index (χ4v) is 15.0. The van der Waals surface area contributed by atoms with E-state index in [2.05, 4.69) is 266 Å². The van der Waals surface area contributed by atoms with Crippen molar-refractivity contribution >= 4 is 92.1 Å². The van der Waals surface area contributed by atoms with Crippen molar-refractivity contribution in [2.75, 3.05) is 9.80 Å². The van der Waals surface area contributed by atoms with Gasteiger partial charge in [-0.25, -0.2) is 0 Å². The predicted octanol–water partition coefficient (Wildman–Crippen LogP) is 19.4. The molecular formula is C82H68N2. The van der Waals surface area contributed by atoms with Crippen LogP contribution in [-0.2, 0) is 25.7 Å². The Morgan fingerprint density at radius 2 is 0.690 bits per heavy atom. The van der Waals surface area contributed by atoms with E-state index in [1.54, 1.807) is 0 Å². The minimum absolute atomic E-state index is 0.979. The van der Waals surface area contributed by atoms with Gasteiger partial charge in [0.1, 0.15) is 0 Å². The van der Waals surface area contributed by atoms with Gasteiger partial charge < -0.3 is 9.80 Å². The lowest BCUT2D eigenvalue weighted by Crippen LogP contribution is -2.36. The average Bonchev–Trinajstić information content (AvgIpc) is 3.09. The molecule has 0 fully saturated rings. The Kier molecular flexibility index (Phi) is 13.5. The molecule has 15 rings (SSSR count). The zero-order valence-corrected chi connectivity index (χ0v) is 47.9. The van der Waals surface area contributed by atoms with E-state index in [0.29, 0.717) is 0 Å². The highest BCUT2D eigenvalue weighted by molar-refractivity contribution is 6.13. The first kappa shape index (κ1) is 51.4. The van der Waals surface area contributed by atoms with E-state index in [0.717, 1.165) is 79.4 Å². The summed E-state index contributed by atoms with van der Waals surface area (Å²) >= 11 is 0. The van der Waals surface area contributed by atoms with Gasteiger partial charge in [0.2, 0.25) is 0 Å². The highest BCUT2D eigenvalue weighted by Crippen LogP contribution is 2.47. The fraction of sp³-hybridized carbons (Fsp3) is 0.146. The van der Waals surface area contributed by atoms with Crippen molar-refractivity contribution < 1.29 is 0 Å². The van der Waals surface area contributed by atoms with Gasteiger partial charge in [-0.1, -0.05) is 195 Å². The minimum atomic E-state index is 0.979. The number of aryl methyl sites for hydroxylation is 2. The summed E-state index contributed by atoms with van der Waals surface area (Å²) in [5, 5.41) is 10.2. The van der Waals surface area contributed by atoms with Crippen molar-refractivity contribution in [1.82, 2.24) is 0 Å². The number of benzene rings is 11. The second kappa shape index (κ2) is 22.0. The molecule has 0 radical (unpaired) electrons. The normalized spacial score (nSPS) is 14.1. The SMILES string of the molecule is C=Cc1c(C=C)c(-c2ccc(-c3c4c(c(-c5cccc(N(c6ccccc6)c6cccc7c6CCCC7)c5)c5ccccc35)=CCCC=4)c3c2=CCCC=3)c2ccccc2c1-c1cccc(N(c2ccccc2)c2cccc3c2CCCC3)c1. The number of fused-ring (bicyclic) bond motifs is 6. The first-order valence-electron chi connectivity index (χ1n) is 30.7. The van der Waals surface area contributed by atoms with Crippen LogP contribution in [0.1, 0.15) is 84.7 Å². The Morgan fingerprint density at radius 1 is 0.310 bits per heavy atom. The van der Waals surface area contributed by atoms with Gasteiger partial charge in [0, 0.05) is 34.1 Å². The molecule has 2 nitrogen and oxygen atoms in total. The van der Waals surface area contributed by atoms with Crippen LogP contribution in [0.3, 0.4) is 0 Å². The maximum atomic E-state index is 4.60. The maximum Gasteiger partial charge on any atom is 0.0496 e. The highest BCUT2D eigenvalue weighted by Gasteiger charge is 2.27. The number of rotatable bonds is 12. The van der Waals surface area contributed by atoms with Crippen molar-refractivity contribution in [2.24, 2.45) is 0 Å². The maximum absolute atomic E-state index is 4.60. The number of para-hydroxylation sites is 2. The Bertz CT molecular complexity index is 4720. The number of hydrogen-bond donors (Lipinski definition) is 0. The van der Waals surface area contributed by atoms with E-state index < -0.39 is 0 Å². The van der Waals surface area contributed by atoms with Crippen molar-refractivity contribution in [3.8, 4) is 44.5 Å². The molecule has 4 aliphatic rings. The van der Waals surface area contributed by atoms with E-state index in [1.807, 2.05) is 0 Å². The second-order valence-electron chi connectivity index (χ2n) is 23.3. The number of anilines is 6. The smallest absolute Gasteiger partial charge is 0.0496 e. The lowest BCUT2D eigenvalue weighted by atomic mass is 9.81. The van der Waals surface area contributed by atoms with Crippen molar-refractivity contribution in [1.29, 1.82) is 0 Å². The largest absolute Gasteiger partial charge is 0.310 e. The molecule has 0 aliphatic heterocycles. The molecule has 0 N–H and O–H groups in total. The molecule has 0 heterocycles. The molecule has 4 aliphatic carbocycles. The molecule has 0 saturated carbocycles. The van der Waals surface area contributed by atoms with Gasteiger partial charge in [0.05, 0.1) is 0 Å². The molecule has 11 aromatic rings. The second-order valence-corrected chi connectivity index (χ2v) is 23.3. The van der Waals surface area contributed by atoms with E-state index in [1.165, 1.54) is 152 Å². The summed E-state index contributed by atoms with van der Waals surface area (Å²) in [6, 6.07) is 77.4. The van der Waals surface area contributed by atoms with Gasteiger partial charge >= 0.3 is 0 Å².